The molecule has 0 saturated carbocycles. The summed E-state index contributed by atoms with van der Waals surface area (Å²) in [5.41, 5.74) is 6.38. The zero-order chi connectivity index (χ0) is 20.1. The van der Waals surface area contributed by atoms with E-state index in [-0.39, 0.29) is 16.5 Å². The maximum Gasteiger partial charge on any atom is 0.296 e. The van der Waals surface area contributed by atoms with E-state index < -0.39 is 10.1 Å². The third-order valence-electron chi connectivity index (χ3n) is 4.01. The predicted molar refractivity (Wildman–Crippen MR) is 105 cm³/mol. The number of aryl methyl sites for hydroxylation is 1. The molecule has 11 nitrogen and oxygen atoms in total. The number of ether oxygens (including phenoxy) is 1. The van der Waals surface area contributed by atoms with Crippen LogP contribution in [0.25, 0.3) is 0 Å². The summed E-state index contributed by atoms with van der Waals surface area (Å²) in [6.07, 6.45) is 0. The van der Waals surface area contributed by atoms with E-state index in [1.165, 1.54) is 6.07 Å². The predicted octanol–water partition coefficient (Wildman–Crippen LogP) is 0.378. The second-order valence-corrected chi connectivity index (χ2v) is 7.59. The summed E-state index contributed by atoms with van der Waals surface area (Å²) in [6, 6.07) is 4.63. The van der Waals surface area contributed by atoms with Crippen LogP contribution in [0.4, 0.5) is 23.5 Å². The van der Waals surface area contributed by atoms with Gasteiger partial charge in [-0.05, 0) is 24.6 Å². The van der Waals surface area contributed by atoms with E-state index >= 15 is 0 Å². The number of anilines is 4. The Labute approximate surface area is 163 Å². The largest absolute Gasteiger partial charge is 0.378 e. The van der Waals surface area contributed by atoms with Crippen molar-refractivity contribution in [2.75, 3.05) is 54.9 Å². The molecule has 0 unspecified atom stereocenters. The molecule has 1 aromatic heterocycles. The van der Waals surface area contributed by atoms with Gasteiger partial charge in [0.15, 0.2) is 0 Å². The SMILES string of the molecule is Cc1ccc(Nc2nc(NCCN)nc(N3CCOCC3)n2)c(S(=O)(=O)O)c1. The standard InChI is InChI=1S/C16H23N7O4S/c1-11-2-3-12(13(10-11)28(24,25)26)19-15-20-14(18-5-4-17)21-16(22-15)23-6-8-27-9-7-23/h2-3,10H,4-9,17H2,1H3,(H,24,25,26)(H2,18,19,20,21,22). The summed E-state index contributed by atoms with van der Waals surface area (Å²) in [6.45, 7) is 4.96. The molecule has 0 atom stereocenters. The Morgan fingerprint density at radius 2 is 1.93 bits per heavy atom. The molecule has 1 saturated heterocycles. The first-order valence-electron chi connectivity index (χ1n) is 8.74. The van der Waals surface area contributed by atoms with Gasteiger partial charge < -0.3 is 26.0 Å². The molecule has 2 heterocycles. The first-order chi connectivity index (χ1) is 13.4. The molecule has 0 bridgehead atoms. The van der Waals surface area contributed by atoms with E-state index in [0.29, 0.717) is 56.9 Å². The second kappa shape index (κ2) is 8.65. The maximum absolute atomic E-state index is 11.7. The lowest BCUT2D eigenvalue weighted by Crippen LogP contribution is -2.37. The van der Waals surface area contributed by atoms with Crippen molar-refractivity contribution < 1.29 is 17.7 Å². The minimum Gasteiger partial charge on any atom is -0.378 e. The third kappa shape index (κ3) is 5.04. The van der Waals surface area contributed by atoms with Gasteiger partial charge in [-0.1, -0.05) is 6.07 Å². The fourth-order valence-corrected chi connectivity index (χ4v) is 3.39. The average molecular weight is 409 g/mol. The highest BCUT2D eigenvalue weighted by atomic mass is 32.2. The highest BCUT2D eigenvalue weighted by Gasteiger charge is 2.19. The van der Waals surface area contributed by atoms with Crippen molar-refractivity contribution in [3.63, 3.8) is 0 Å². The minimum atomic E-state index is -4.42. The molecule has 1 aliphatic rings. The Kier molecular flexibility index (Phi) is 6.24. The van der Waals surface area contributed by atoms with Gasteiger partial charge in [0.1, 0.15) is 4.90 Å². The van der Waals surface area contributed by atoms with Gasteiger partial charge in [0.25, 0.3) is 10.1 Å². The van der Waals surface area contributed by atoms with Crippen LogP contribution < -0.4 is 21.3 Å². The van der Waals surface area contributed by atoms with E-state index in [1.54, 1.807) is 19.1 Å². The van der Waals surface area contributed by atoms with Crippen LogP contribution in [0.5, 0.6) is 0 Å². The topological polar surface area (TPSA) is 156 Å². The van der Waals surface area contributed by atoms with Crippen LogP contribution in [0.3, 0.4) is 0 Å². The molecular formula is C16H23N7O4S. The van der Waals surface area contributed by atoms with Gasteiger partial charge in [0, 0.05) is 26.2 Å². The van der Waals surface area contributed by atoms with E-state index in [0.717, 1.165) is 0 Å². The number of nitrogens with one attached hydrogen (secondary N) is 2. The zero-order valence-corrected chi connectivity index (χ0v) is 16.2. The van der Waals surface area contributed by atoms with E-state index in [2.05, 4.69) is 25.6 Å². The second-order valence-electron chi connectivity index (χ2n) is 6.20. The van der Waals surface area contributed by atoms with Gasteiger partial charge >= 0.3 is 0 Å². The molecule has 1 fully saturated rings. The van der Waals surface area contributed by atoms with Crippen molar-refractivity contribution in [2.45, 2.75) is 11.8 Å². The van der Waals surface area contributed by atoms with Crippen molar-refractivity contribution in [1.82, 2.24) is 15.0 Å². The van der Waals surface area contributed by atoms with Crippen LogP contribution in [-0.2, 0) is 14.9 Å². The smallest absolute Gasteiger partial charge is 0.296 e. The lowest BCUT2D eigenvalue weighted by Gasteiger charge is -2.27. The van der Waals surface area contributed by atoms with Gasteiger partial charge in [-0.25, -0.2) is 0 Å². The molecule has 0 aliphatic carbocycles. The quantitative estimate of drug-likeness (QED) is 0.469. The third-order valence-corrected chi connectivity index (χ3v) is 4.90. The van der Waals surface area contributed by atoms with Gasteiger partial charge in [-0.3, -0.25) is 4.55 Å². The fraction of sp³-hybridized carbons (Fsp3) is 0.438. The van der Waals surface area contributed by atoms with Gasteiger partial charge in [0.2, 0.25) is 17.8 Å². The molecule has 152 valence electrons. The Balaban J connectivity index is 1.97. The van der Waals surface area contributed by atoms with Crippen molar-refractivity contribution in [3.8, 4) is 0 Å². The van der Waals surface area contributed by atoms with Crippen LogP contribution in [0.15, 0.2) is 23.1 Å². The molecule has 28 heavy (non-hydrogen) atoms. The Morgan fingerprint density at radius 3 is 2.61 bits per heavy atom. The van der Waals surface area contributed by atoms with E-state index in [9.17, 15) is 13.0 Å². The highest BCUT2D eigenvalue weighted by Crippen LogP contribution is 2.26. The molecule has 0 radical (unpaired) electrons. The number of aromatic nitrogens is 3. The van der Waals surface area contributed by atoms with E-state index in [4.69, 9.17) is 10.5 Å². The summed E-state index contributed by atoms with van der Waals surface area (Å²) in [5.74, 6) is 0.885. The van der Waals surface area contributed by atoms with Crippen LogP contribution in [0.2, 0.25) is 0 Å². The molecule has 0 spiro atoms. The van der Waals surface area contributed by atoms with Crippen LogP contribution in [-0.4, -0.2) is 67.3 Å². The fourth-order valence-electron chi connectivity index (χ4n) is 2.66. The molecule has 12 heteroatoms. The highest BCUT2D eigenvalue weighted by molar-refractivity contribution is 7.86. The number of hydrogen-bond donors (Lipinski definition) is 4. The molecule has 1 aromatic carbocycles. The van der Waals surface area contributed by atoms with Crippen molar-refractivity contribution >= 4 is 33.7 Å². The van der Waals surface area contributed by atoms with E-state index in [1.807, 2.05) is 4.90 Å². The zero-order valence-electron chi connectivity index (χ0n) is 15.4. The van der Waals surface area contributed by atoms with Crippen molar-refractivity contribution in [1.29, 1.82) is 0 Å². The number of hydrogen-bond acceptors (Lipinski definition) is 10. The molecule has 1 aliphatic heterocycles. The average Bonchev–Trinajstić information content (AvgIpc) is 2.67. The van der Waals surface area contributed by atoms with Crippen molar-refractivity contribution in [3.05, 3.63) is 23.8 Å². The Hall–Kier alpha value is -2.54. The van der Waals surface area contributed by atoms with Gasteiger partial charge in [0.05, 0.1) is 18.9 Å². The van der Waals surface area contributed by atoms with Crippen LogP contribution >= 0.6 is 0 Å². The number of rotatable bonds is 7. The minimum absolute atomic E-state index is 0.143. The maximum atomic E-state index is 11.7. The first-order valence-corrected chi connectivity index (χ1v) is 10.2. The van der Waals surface area contributed by atoms with Gasteiger partial charge in [-0.15, -0.1) is 0 Å². The summed E-state index contributed by atoms with van der Waals surface area (Å²) in [5, 5.41) is 5.87. The molecular weight excluding hydrogens is 386 g/mol. The molecule has 3 rings (SSSR count). The molecule has 2 aromatic rings. The van der Waals surface area contributed by atoms with Crippen molar-refractivity contribution in [2.24, 2.45) is 5.73 Å². The Morgan fingerprint density at radius 1 is 1.21 bits per heavy atom. The summed E-state index contributed by atoms with van der Waals surface area (Å²) < 4.78 is 38.3. The summed E-state index contributed by atoms with van der Waals surface area (Å²) in [7, 11) is -4.42. The van der Waals surface area contributed by atoms with Gasteiger partial charge in [-0.2, -0.15) is 23.4 Å². The monoisotopic (exact) mass is 409 g/mol. The molecule has 5 N–H and O–H groups in total. The molecule has 0 amide bonds. The first kappa shape index (κ1) is 20.2. The summed E-state index contributed by atoms with van der Waals surface area (Å²) >= 11 is 0. The lowest BCUT2D eigenvalue weighted by molar-refractivity contribution is 0.122. The Bertz CT molecular complexity index is 933. The number of nitrogens with zero attached hydrogens (tertiary/aromatic N) is 4. The van der Waals surface area contributed by atoms with Crippen LogP contribution in [0.1, 0.15) is 5.56 Å². The number of benzene rings is 1. The normalized spacial score (nSPS) is 14.8. The van der Waals surface area contributed by atoms with Crippen LogP contribution in [0, 0.1) is 6.92 Å². The number of nitrogens with two attached hydrogens (primary N) is 1. The number of morpholine rings is 1. The lowest BCUT2D eigenvalue weighted by atomic mass is 10.2. The summed E-state index contributed by atoms with van der Waals surface area (Å²) in [4.78, 5) is 14.8.